The molecule has 2 aromatic rings. The molecule has 0 aromatic heterocycles. The number of rotatable bonds is 6. The normalized spacial score (nSPS) is 13.9. The molecule has 1 aliphatic rings. The van der Waals surface area contributed by atoms with Crippen molar-refractivity contribution in [3.8, 4) is 0 Å². The summed E-state index contributed by atoms with van der Waals surface area (Å²) in [5.41, 5.74) is 2.93. The van der Waals surface area contributed by atoms with Crippen LogP contribution in [0.3, 0.4) is 0 Å². The molecule has 0 heterocycles. The highest BCUT2D eigenvalue weighted by atomic mass is 35.5. The van der Waals surface area contributed by atoms with E-state index in [0.29, 0.717) is 0 Å². The third-order valence-electron chi connectivity index (χ3n) is 4.96. The minimum absolute atomic E-state index is 0.160. The first kappa shape index (κ1) is 20.8. The van der Waals surface area contributed by atoms with E-state index >= 15 is 0 Å². The van der Waals surface area contributed by atoms with Crippen molar-refractivity contribution in [3.63, 3.8) is 0 Å². The van der Waals surface area contributed by atoms with E-state index in [-0.39, 0.29) is 16.6 Å². The molecule has 152 valence electrons. The fraction of sp³-hybridized carbons (Fsp3) is 0.333. The average molecular weight is 417 g/mol. The number of ether oxygens (including phenoxy) is 1. The quantitative estimate of drug-likeness (QED) is 0.433. The second-order valence-electron chi connectivity index (χ2n) is 7.02. The van der Waals surface area contributed by atoms with Gasteiger partial charge in [-0.2, -0.15) is 0 Å². The fourth-order valence-electron chi connectivity index (χ4n) is 3.43. The summed E-state index contributed by atoms with van der Waals surface area (Å²) in [6.45, 7) is 1.31. The number of hydrogen-bond acceptors (Lipinski definition) is 5. The first-order valence-electron chi connectivity index (χ1n) is 9.37. The Kier molecular flexibility index (Phi) is 6.49. The number of nitrogens with zero attached hydrogens (tertiary/aromatic N) is 1. The highest BCUT2D eigenvalue weighted by Gasteiger charge is 2.23. The van der Waals surface area contributed by atoms with Gasteiger partial charge in [0.05, 0.1) is 11.0 Å². The van der Waals surface area contributed by atoms with E-state index in [4.69, 9.17) is 16.3 Å². The van der Waals surface area contributed by atoms with E-state index in [9.17, 15) is 19.7 Å². The second-order valence-corrected chi connectivity index (χ2v) is 7.46. The monoisotopic (exact) mass is 416 g/mol. The number of aryl methyl sites for hydroxylation is 2. The van der Waals surface area contributed by atoms with Crippen LogP contribution in [0.25, 0.3) is 0 Å². The molecule has 0 aliphatic heterocycles. The molecular formula is C21H21ClN2O5. The predicted molar refractivity (Wildman–Crippen MR) is 108 cm³/mol. The summed E-state index contributed by atoms with van der Waals surface area (Å²) in [6, 6.07) is 9.53. The van der Waals surface area contributed by atoms with Crippen LogP contribution >= 0.6 is 11.6 Å². The minimum atomic E-state index is -0.976. The number of hydrogen-bond donors (Lipinski definition) is 1. The van der Waals surface area contributed by atoms with Crippen LogP contribution < -0.4 is 5.32 Å². The van der Waals surface area contributed by atoms with Crippen LogP contribution in [-0.4, -0.2) is 23.4 Å². The third kappa shape index (κ3) is 5.12. The van der Waals surface area contributed by atoms with Crippen LogP contribution in [0.4, 0.5) is 5.69 Å². The van der Waals surface area contributed by atoms with Crippen molar-refractivity contribution in [2.45, 2.75) is 38.6 Å². The van der Waals surface area contributed by atoms with E-state index in [1.165, 1.54) is 30.0 Å². The van der Waals surface area contributed by atoms with Crippen LogP contribution in [-0.2, 0) is 22.4 Å². The maximum atomic E-state index is 12.2. The van der Waals surface area contributed by atoms with E-state index in [0.717, 1.165) is 30.5 Å². The lowest BCUT2D eigenvalue weighted by Crippen LogP contribution is -2.31. The molecule has 2 aromatic carbocycles. The highest BCUT2D eigenvalue weighted by molar-refractivity contribution is 6.31. The number of benzene rings is 2. The molecule has 0 bridgehead atoms. The first-order chi connectivity index (χ1) is 13.8. The van der Waals surface area contributed by atoms with Gasteiger partial charge < -0.3 is 10.1 Å². The Labute approximate surface area is 173 Å². The predicted octanol–water partition coefficient (Wildman–Crippen LogP) is 4.16. The van der Waals surface area contributed by atoms with Crippen molar-refractivity contribution < 1.29 is 19.2 Å². The van der Waals surface area contributed by atoms with Gasteiger partial charge in [0.15, 0.2) is 6.61 Å². The van der Waals surface area contributed by atoms with Crippen molar-refractivity contribution in [1.29, 1.82) is 0 Å². The van der Waals surface area contributed by atoms with E-state index in [2.05, 4.69) is 17.4 Å². The van der Waals surface area contributed by atoms with Gasteiger partial charge in [-0.25, -0.2) is 4.79 Å². The lowest BCUT2D eigenvalue weighted by molar-refractivity contribution is -0.385. The molecule has 0 unspecified atom stereocenters. The third-order valence-corrected chi connectivity index (χ3v) is 5.19. The molecule has 8 heteroatoms. The lowest BCUT2D eigenvalue weighted by atomic mass is 9.89. The summed E-state index contributed by atoms with van der Waals surface area (Å²) in [6.07, 6.45) is 4.50. The van der Waals surface area contributed by atoms with Crippen molar-refractivity contribution >= 4 is 29.2 Å². The van der Waals surface area contributed by atoms with Gasteiger partial charge in [0.25, 0.3) is 11.6 Å². The highest BCUT2D eigenvalue weighted by Crippen LogP contribution is 2.25. The number of esters is 1. The van der Waals surface area contributed by atoms with Gasteiger partial charge >= 0.3 is 5.97 Å². The van der Waals surface area contributed by atoms with E-state index in [1.807, 2.05) is 13.0 Å². The Morgan fingerprint density at radius 1 is 1.17 bits per heavy atom. The molecule has 0 saturated heterocycles. The maximum absolute atomic E-state index is 12.2. The van der Waals surface area contributed by atoms with Gasteiger partial charge in [0, 0.05) is 11.1 Å². The molecule has 0 fully saturated rings. The Morgan fingerprint density at radius 2 is 1.90 bits per heavy atom. The Balaban J connectivity index is 1.59. The van der Waals surface area contributed by atoms with Gasteiger partial charge in [-0.05, 0) is 61.4 Å². The molecule has 0 saturated carbocycles. The van der Waals surface area contributed by atoms with Gasteiger partial charge in [-0.1, -0.05) is 29.8 Å². The number of carbonyl (C=O) groups excluding carboxylic acids is 2. The average Bonchev–Trinajstić information content (AvgIpc) is 2.71. The molecule has 1 amide bonds. The van der Waals surface area contributed by atoms with Crippen molar-refractivity contribution in [2.75, 3.05) is 6.61 Å². The molecule has 3 rings (SSSR count). The Morgan fingerprint density at radius 3 is 2.62 bits per heavy atom. The Bertz CT molecular complexity index is 960. The molecule has 0 spiro atoms. The molecule has 1 atom stereocenters. The van der Waals surface area contributed by atoms with Gasteiger partial charge in [0.1, 0.15) is 5.56 Å². The van der Waals surface area contributed by atoms with E-state index in [1.54, 1.807) is 0 Å². The number of nitro groups is 1. The molecule has 1 aliphatic carbocycles. The number of amides is 1. The number of carbonyl (C=O) groups is 2. The zero-order chi connectivity index (χ0) is 21.0. The molecular weight excluding hydrogens is 396 g/mol. The smallest absolute Gasteiger partial charge is 0.345 e. The first-order valence-corrected chi connectivity index (χ1v) is 9.75. The van der Waals surface area contributed by atoms with Crippen LogP contribution in [0, 0.1) is 10.1 Å². The largest absolute Gasteiger partial charge is 0.452 e. The zero-order valence-electron chi connectivity index (χ0n) is 15.9. The molecule has 0 radical (unpaired) electrons. The fourth-order valence-corrected chi connectivity index (χ4v) is 3.60. The van der Waals surface area contributed by atoms with Crippen molar-refractivity contribution in [1.82, 2.24) is 5.32 Å². The van der Waals surface area contributed by atoms with Crippen LogP contribution in [0.2, 0.25) is 5.02 Å². The number of nitro benzene ring substituents is 1. The maximum Gasteiger partial charge on any atom is 0.345 e. The summed E-state index contributed by atoms with van der Waals surface area (Å²) < 4.78 is 4.95. The Hall–Kier alpha value is -2.93. The van der Waals surface area contributed by atoms with Crippen LogP contribution in [0.5, 0.6) is 0 Å². The van der Waals surface area contributed by atoms with Crippen LogP contribution in [0.15, 0.2) is 36.4 Å². The number of fused-ring (bicyclic) bond motifs is 1. The van der Waals surface area contributed by atoms with Crippen LogP contribution in [0.1, 0.15) is 52.9 Å². The second kappa shape index (κ2) is 9.05. The summed E-state index contributed by atoms with van der Waals surface area (Å²) in [5, 5.41) is 14.0. The van der Waals surface area contributed by atoms with Crippen molar-refractivity contribution in [2.24, 2.45) is 0 Å². The summed E-state index contributed by atoms with van der Waals surface area (Å²) in [4.78, 5) is 34.7. The number of nitrogens with one attached hydrogen (secondary N) is 1. The lowest BCUT2D eigenvalue weighted by Gasteiger charge is -2.20. The van der Waals surface area contributed by atoms with Gasteiger partial charge in [-0.3, -0.25) is 14.9 Å². The summed E-state index contributed by atoms with van der Waals surface area (Å²) >= 11 is 5.81. The SMILES string of the molecule is C[C@H](NC(=O)COC(=O)c1cc(Cl)ccc1[N+](=O)[O-])c1ccc2c(c1)CCCC2. The number of halogens is 1. The van der Waals surface area contributed by atoms with Gasteiger partial charge in [0.2, 0.25) is 0 Å². The standard InChI is InChI=1S/C21H21ClN2O5/c1-13(15-7-6-14-4-2-3-5-16(14)10-15)23-20(25)12-29-21(26)18-11-17(22)8-9-19(18)24(27)28/h6-11,13H,2-5,12H2,1H3,(H,23,25)/t13-/m0/s1. The summed E-state index contributed by atoms with van der Waals surface area (Å²) in [5.74, 6) is -1.47. The summed E-state index contributed by atoms with van der Waals surface area (Å²) in [7, 11) is 0. The topological polar surface area (TPSA) is 98.5 Å². The van der Waals surface area contributed by atoms with Crippen molar-refractivity contribution in [3.05, 3.63) is 73.8 Å². The molecule has 29 heavy (non-hydrogen) atoms. The van der Waals surface area contributed by atoms with E-state index < -0.39 is 29.1 Å². The zero-order valence-corrected chi connectivity index (χ0v) is 16.7. The minimum Gasteiger partial charge on any atom is -0.452 e. The molecule has 1 N–H and O–H groups in total. The van der Waals surface area contributed by atoms with Gasteiger partial charge in [-0.15, -0.1) is 0 Å². The molecule has 7 nitrogen and oxygen atoms in total.